The highest BCUT2D eigenvalue weighted by Gasteiger charge is 2.23. The number of benzene rings is 1. The first-order valence-electron chi connectivity index (χ1n) is 9.64. The van der Waals surface area contributed by atoms with E-state index in [0.717, 1.165) is 18.4 Å². The number of rotatable bonds is 7. The average Bonchev–Trinajstić information content (AvgIpc) is 2.68. The lowest BCUT2D eigenvalue weighted by Crippen LogP contribution is -2.44. The number of allylic oxidation sites excluding steroid dienone is 1. The molecule has 0 bridgehead atoms. The van der Waals surface area contributed by atoms with E-state index in [1.165, 1.54) is 6.92 Å². The number of carbonyl (C=O) groups excluding carboxylic acids is 2. The lowest BCUT2D eigenvalue weighted by atomic mass is 10.1. The number of ether oxygens (including phenoxy) is 1. The average molecular weight is 399 g/mol. The second-order valence-corrected chi connectivity index (χ2v) is 6.71. The van der Waals surface area contributed by atoms with Gasteiger partial charge < -0.3 is 26.0 Å². The van der Waals surface area contributed by atoms with Crippen molar-refractivity contribution >= 4 is 29.6 Å². The molecule has 2 amide bonds. The van der Waals surface area contributed by atoms with Crippen LogP contribution < -0.4 is 16.4 Å². The van der Waals surface area contributed by atoms with Crippen molar-refractivity contribution in [2.45, 2.75) is 32.7 Å². The first-order valence-corrected chi connectivity index (χ1v) is 9.64. The van der Waals surface area contributed by atoms with Crippen LogP contribution in [-0.2, 0) is 9.53 Å². The van der Waals surface area contributed by atoms with Crippen LogP contribution in [0.1, 0.15) is 32.3 Å². The van der Waals surface area contributed by atoms with Crippen LogP contribution in [0.3, 0.4) is 0 Å². The molecule has 8 heteroatoms. The number of hydrogen-bond acceptors (Lipinski definition) is 6. The normalized spacial score (nSPS) is 15.2. The number of hydrogen-bond donors (Lipinski definition) is 3. The Morgan fingerprint density at radius 1 is 1.31 bits per heavy atom. The molecule has 0 saturated carbocycles. The van der Waals surface area contributed by atoms with Gasteiger partial charge in [0, 0.05) is 43.7 Å². The topological polar surface area (TPSA) is 109 Å². The molecule has 156 valence electrons. The zero-order valence-corrected chi connectivity index (χ0v) is 17.0. The van der Waals surface area contributed by atoms with E-state index >= 15 is 0 Å². The molecular weight excluding hydrogens is 370 g/mol. The van der Waals surface area contributed by atoms with Gasteiger partial charge in [0.15, 0.2) is 0 Å². The van der Waals surface area contributed by atoms with Gasteiger partial charge in [-0.3, -0.25) is 4.79 Å². The molecule has 1 aliphatic rings. The largest absolute Gasteiger partial charge is 0.450 e. The van der Waals surface area contributed by atoms with Gasteiger partial charge >= 0.3 is 6.09 Å². The standard InChI is InChI=1S/C21H29N5O3/c1-4-29-21(28)26-13-10-19(11-14-26)24-15(2)23-12-9-20(22)17-5-7-18(8-6-17)25-16(3)27/h5-9,12,19,24H,2,4,10-11,13-14,22H2,1,3H3,(H,25,27)/b20-9-,23-12-. The molecule has 0 atom stereocenters. The van der Waals surface area contributed by atoms with Crippen molar-refractivity contribution in [1.29, 1.82) is 0 Å². The van der Waals surface area contributed by atoms with Crippen molar-refractivity contribution in [3.05, 3.63) is 48.3 Å². The molecule has 0 unspecified atom stereocenters. The number of nitrogens with two attached hydrogens (primary N) is 1. The summed E-state index contributed by atoms with van der Waals surface area (Å²) in [5.74, 6) is 0.426. The maximum absolute atomic E-state index is 11.7. The fraction of sp³-hybridized carbons (Fsp3) is 0.381. The van der Waals surface area contributed by atoms with Crippen LogP contribution in [0.2, 0.25) is 0 Å². The van der Waals surface area contributed by atoms with Crippen LogP contribution in [0.5, 0.6) is 0 Å². The van der Waals surface area contributed by atoms with Crippen LogP contribution in [0.15, 0.2) is 47.7 Å². The van der Waals surface area contributed by atoms with Gasteiger partial charge in [-0.05, 0) is 43.5 Å². The van der Waals surface area contributed by atoms with Gasteiger partial charge in [0.2, 0.25) is 5.91 Å². The SMILES string of the molecule is C=C(/N=C\C=C(/N)c1ccc(NC(C)=O)cc1)NC1CCN(C(=O)OCC)CC1. The Morgan fingerprint density at radius 3 is 2.55 bits per heavy atom. The summed E-state index contributed by atoms with van der Waals surface area (Å²) in [7, 11) is 0. The molecule has 1 fully saturated rings. The highest BCUT2D eigenvalue weighted by atomic mass is 16.6. The van der Waals surface area contributed by atoms with Gasteiger partial charge in [-0.1, -0.05) is 18.7 Å². The minimum Gasteiger partial charge on any atom is -0.450 e. The minimum atomic E-state index is -0.256. The molecule has 2 rings (SSSR count). The van der Waals surface area contributed by atoms with Crippen molar-refractivity contribution in [2.75, 3.05) is 25.0 Å². The Kier molecular flexibility index (Phi) is 8.27. The van der Waals surface area contributed by atoms with E-state index in [1.807, 2.05) is 12.1 Å². The van der Waals surface area contributed by atoms with Crippen molar-refractivity contribution in [2.24, 2.45) is 10.7 Å². The van der Waals surface area contributed by atoms with Crippen LogP contribution >= 0.6 is 0 Å². The van der Waals surface area contributed by atoms with Crippen LogP contribution in [0, 0.1) is 0 Å². The lowest BCUT2D eigenvalue weighted by molar-refractivity contribution is -0.114. The number of anilines is 1. The van der Waals surface area contributed by atoms with Gasteiger partial charge in [0.05, 0.1) is 6.61 Å². The first-order chi connectivity index (χ1) is 13.9. The molecule has 0 aromatic heterocycles. The molecule has 1 aliphatic heterocycles. The van der Waals surface area contributed by atoms with Crippen LogP contribution in [-0.4, -0.2) is 48.9 Å². The molecule has 4 N–H and O–H groups in total. The van der Waals surface area contributed by atoms with E-state index in [1.54, 1.807) is 36.2 Å². The van der Waals surface area contributed by atoms with Crippen molar-refractivity contribution < 1.29 is 14.3 Å². The van der Waals surface area contributed by atoms with Crippen LogP contribution in [0.25, 0.3) is 5.70 Å². The molecule has 0 aliphatic carbocycles. The maximum atomic E-state index is 11.7. The highest BCUT2D eigenvalue weighted by Crippen LogP contribution is 2.14. The van der Waals surface area contributed by atoms with Gasteiger partial charge in [-0.2, -0.15) is 0 Å². The van der Waals surface area contributed by atoms with Gasteiger partial charge in [0.1, 0.15) is 5.82 Å². The van der Waals surface area contributed by atoms with Gasteiger partial charge in [-0.25, -0.2) is 9.79 Å². The number of nitrogens with zero attached hydrogens (tertiary/aromatic N) is 2. The predicted molar refractivity (Wildman–Crippen MR) is 115 cm³/mol. The first kappa shape index (κ1) is 22.0. The van der Waals surface area contributed by atoms with E-state index in [0.29, 0.717) is 36.9 Å². The summed E-state index contributed by atoms with van der Waals surface area (Å²) in [6, 6.07) is 7.45. The number of amides is 2. The smallest absolute Gasteiger partial charge is 0.409 e. The molecule has 1 aromatic carbocycles. The summed E-state index contributed by atoms with van der Waals surface area (Å²) in [5, 5.41) is 5.98. The zero-order chi connectivity index (χ0) is 21.2. The molecule has 0 spiro atoms. The zero-order valence-electron chi connectivity index (χ0n) is 17.0. The number of carbonyl (C=O) groups is 2. The molecule has 1 heterocycles. The Labute approximate surface area is 171 Å². The molecule has 1 saturated heterocycles. The number of aliphatic imine (C=N–C) groups is 1. The van der Waals surface area contributed by atoms with E-state index < -0.39 is 0 Å². The second kappa shape index (κ2) is 10.9. The molecule has 1 aromatic rings. The van der Waals surface area contributed by atoms with Crippen molar-refractivity contribution in [3.63, 3.8) is 0 Å². The summed E-state index contributed by atoms with van der Waals surface area (Å²) in [6.07, 6.45) is 4.66. The summed E-state index contributed by atoms with van der Waals surface area (Å²) < 4.78 is 5.02. The van der Waals surface area contributed by atoms with Gasteiger partial charge in [0.25, 0.3) is 0 Å². The number of nitrogens with one attached hydrogen (secondary N) is 2. The summed E-state index contributed by atoms with van der Waals surface area (Å²) >= 11 is 0. The number of piperidine rings is 1. The van der Waals surface area contributed by atoms with Crippen LogP contribution in [0.4, 0.5) is 10.5 Å². The summed E-state index contributed by atoms with van der Waals surface area (Å²) in [5.41, 5.74) is 8.17. The summed E-state index contributed by atoms with van der Waals surface area (Å²) in [6.45, 7) is 8.86. The summed E-state index contributed by atoms with van der Waals surface area (Å²) in [4.78, 5) is 28.8. The lowest BCUT2D eigenvalue weighted by Gasteiger charge is -2.31. The fourth-order valence-electron chi connectivity index (χ4n) is 2.95. The molecular formula is C21H29N5O3. The Bertz CT molecular complexity index is 778. The third-order valence-corrected chi connectivity index (χ3v) is 4.41. The number of likely N-dealkylation sites (tertiary alicyclic amines) is 1. The second-order valence-electron chi connectivity index (χ2n) is 6.71. The Hall–Kier alpha value is -3.29. The van der Waals surface area contributed by atoms with E-state index in [2.05, 4.69) is 22.2 Å². The highest BCUT2D eigenvalue weighted by molar-refractivity contribution is 5.89. The Morgan fingerprint density at radius 2 is 1.97 bits per heavy atom. The van der Waals surface area contributed by atoms with Gasteiger partial charge in [-0.15, -0.1) is 0 Å². The minimum absolute atomic E-state index is 0.119. The quantitative estimate of drug-likeness (QED) is 0.611. The predicted octanol–water partition coefficient (Wildman–Crippen LogP) is 2.70. The van der Waals surface area contributed by atoms with E-state index in [4.69, 9.17) is 10.5 Å². The molecule has 29 heavy (non-hydrogen) atoms. The third kappa shape index (κ3) is 7.33. The van der Waals surface area contributed by atoms with Crippen molar-refractivity contribution in [1.82, 2.24) is 10.2 Å². The third-order valence-electron chi connectivity index (χ3n) is 4.41. The fourth-order valence-corrected chi connectivity index (χ4v) is 2.95. The van der Waals surface area contributed by atoms with E-state index in [9.17, 15) is 9.59 Å². The molecule has 0 radical (unpaired) electrons. The maximum Gasteiger partial charge on any atom is 0.409 e. The molecule has 8 nitrogen and oxygen atoms in total. The van der Waals surface area contributed by atoms with Crippen molar-refractivity contribution in [3.8, 4) is 0 Å². The Balaban J connectivity index is 1.80. The van der Waals surface area contributed by atoms with E-state index in [-0.39, 0.29) is 18.0 Å². The monoisotopic (exact) mass is 399 g/mol.